The van der Waals surface area contributed by atoms with Crippen LogP contribution >= 0.6 is 15.9 Å². The Morgan fingerprint density at radius 3 is 3.00 bits per heavy atom. The summed E-state index contributed by atoms with van der Waals surface area (Å²) in [6.45, 7) is 0. The molecule has 0 aromatic carbocycles. The summed E-state index contributed by atoms with van der Waals surface area (Å²) in [4.78, 5) is 3.98. The molecule has 0 bridgehead atoms. The van der Waals surface area contributed by atoms with Gasteiger partial charge in [0.25, 0.3) is 0 Å². The Balaban J connectivity index is 2.95. The van der Waals surface area contributed by atoms with Crippen molar-refractivity contribution in [3.05, 3.63) is 23.1 Å². The number of halogens is 1. The van der Waals surface area contributed by atoms with E-state index in [1.807, 2.05) is 0 Å². The molecule has 1 N–H and O–H groups in total. The second kappa shape index (κ2) is 2.05. The molecule has 0 aliphatic rings. The number of hydrogen-bond acceptors (Lipinski definition) is 2. The van der Waals surface area contributed by atoms with Gasteiger partial charge in [0.05, 0.1) is 16.2 Å². The van der Waals surface area contributed by atoms with Crippen LogP contribution in [0.3, 0.4) is 0 Å². The molecule has 50 valence electrons. The van der Waals surface area contributed by atoms with Gasteiger partial charge in [-0.1, -0.05) is 0 Å². The lowest BCUT2D eigenvalue weighted by molar-refractivity contribution is 1.12. The molecule has 0 aliphatic carbocycles. The van der Waals surface area contributed by atoms with E-state index in [1.54, 1.807) is 18.6 Å². The van der Waals surface area contributed by atoms with Crippen molar-refractivity contribution in [3.63, 3.8) is 0 Å². The Morgan fingerprint density at radius 1 is 1.30 bits per heavy atom. The van der Waals surface area contributed by atoms with E-state index in [2.05, 4.69) is 31.1 Å². The van der Waals surface area contributed by atoms with E-state index in [-0.39, 0.29) is 0 Å². The molecule has 10 heavy (non-hydrogen) atoms. The zero-order chi connectivity index (χ0) is 6.97. The number of aromatic nitrogens is 3. The number of aromatic amines is 1. The van der Waals surface area contributed by atoms with Gasteiger partial charge in [0.1, 0.15) is 0 Å². The van der Waals surface area contributed by atoms with Crippen molar-refractivity contribution in [1.29, 1.82) is 0 Å². The van der Waals surface area contributed by atoms with Crippen molar-refractivity contribution >= 4 is 26.8 Å². The van der Waals surface area contributed by atoms with E-state index in [0.717, 1.165) is 15.4 Å². The Morgan fingerprint density at radius 2 is 2.20 bits per heavy atom. The van der Waals surface area contributed by atoms with Crippen LogP contribution in [0.15, 0.2) is 23.1 Å². The summed E-state index contributed by atoms with van der Waals surface area (Å²) in [6, 6.07) is 0. The van der Waals surface area contributed by atoms with Gasteiger partial charge >= 0.3 is 0 Å². The third-order valence-electron chi connectivity index (χ3n) is 1.31. The summed E-state index contributed by atoms with van der Waals surface area (Å²) in [5, 5.41) is 7.74. The maximum Gasteiger partial charge on any atom is 0.0823 e. The van der Waals surface area contributed by atoms with E-state index >= 15 is 0 Å². The fourth-order valence-corrected chi connectivity index (χ4v) is 1.27. The molecule has 4 heteroatoms. The summed E-state index contributed by atoms with van der Waals surface area (Å²) < 4.78 is 0.947. The summed E-state index contributed by atoms with van der Waals surface area (Å²) >= 11 is 3.34. The summed E-state index contributed by atoms with van der Waals surface area (Å²) in [7, 11) is 0. The van der Waals surface area contributed by atoms with Crippen LogP contribution in [0.5, 0.6) is 0 Å². The number of pyridine rings is 1. The molecule has 0 amide bonds. The van der Waals surface area contributed by atoms with Crippen LogP contribution in [0.4, 0.5) is 0 Å². The number of rotatable bonds is 0. The van der Waals surface area contributed by atoms with Gasteiger partial charge in [-0.3, -0.25) is 10.1 Å². The van der Waals surface area contributed by atoms with Gasteiger partial charge in [-0.2, -0.15) is 5.10 Å². The highest BCUT2D eigenvalue weighted by Crippen LogP contribution is 2.18. The van der Waals surface area contributed by atoms with Crippen molar-refractivity contribution in [1.82, 2.24) is 15.2 Å². The Hall–Kier alpha value is -0.900. The Bertz CT molecular complexity index is 355. The van der Waals surface area contributed by atoms with Crippen molar-refractivity contribution in [3.8, 4) is 0 Å². The van der Waals surface area contributed by atoms with Gasteiger partial charge in [0.15, 0.2) is 0 Å². The number of H-pyrrole nitrogens is 1. The molecule has 0 saturated heterocycles. The largest absolute Gasteiger partial charge is 0.277 e. The first kappa shape index (κ1) is 5.85. The fourth-order valence-electron chi connectivity index (χ4n) is 0.832. The van der Waals surface area contributed by atoms with Crippen LogP contribution < -0.4 is 0 Å². The van der Waals surface area contributed by atoms with Crippen molar-refractivity contribution in [2.45, 2.75) is 0 Å². The van der Waals surface area contributed by atoms with Gasteiger partial charge in [0, 0.05) is 17.8 Å². The lowest BCUT2D eigenvalue weighted by Gasteiger charge is -1.88. The monoisotopic (exact) mass is 197 g/mol. The standard InChI is InChI=1S/C6H4BrN3/c7-5-3-8-1-4-2-9-10-6(4)5/h1-3H,(H,9,10). The normalized spacial score (nSPS) is 10.5. The molecule has 0 unspecified atom stereocenters. The van der Waals surface area contributed by atoms with E-state index in [9.17, 15) is 0 Å². The molecule has 2 aromatic rings. The highest BCUT2D eigenvalue weighted by atomic mass is 79.9. The molecule has 0 spiro atoms. The first-order chi connectivity index (χ1) is 4.88. The molecule has 2 aromatic heterocycles. The van der Waals surface area contributed by atoms with Crippen LogP contribution in [-0.4, -0.2) is 15.2 Å². The first-order valence-electron chi connectivity index (χ1n) is 2.80. The van der Waals surface area contributed by atoms with Crippen molar-refractivity contribution < 1.29 is 0 Å². The van der Waals surface area contributed by atoms with Crippen LogP contribution in [0.25, 0.3) is 10.9 Å². The van der Waals surface area contributed by atoms with E-state index in [1.165, 1.54) is 0 Å². The van der Waals surface area contributed by atoms with Crippen LogP contribution in [0.1, 0.15) is 0 Å². The molecular weight excluding hydrogens is 194 g/mol. The van der Waals surface area contributed by atoms with E-state index < -0.39 is 0 Å². The predicted molar refractivity (Wildman–Crippen MR) is 41.6 cm³/mol. The highest BCUT2D eigenvalue weighted by molar-refractivity contribution is 9.10. The maximum absolute atomic E-state index is 3.98. The maximum atomic E-state index is 3.98. The minimum Gasteiger partial charge on any atom is -0.277 e. The molecule has 0 fully saturated rings. The van der Waals surface area contributed by atoms with Crippen LogP contribution in [0.2, 0.25) is 0 Å². The number of nitrogens with zero attached hydrogens (tertiary/aromatic N) is 2. The molecule has 0 saturated carbocycles. The third-order valence-corrected chi connectivity index (χ3v) is 1.91. The smallest absolute Gasteiger partial charge is 0.0823 e. The van der Waals surface area contributed by atoms with E-state index in [0.29, 0.717) is 0 Å². The van der Waals surface area contributed by atoms with E-state index in [4.69, 9.17) is 0 Å². The predicted octanol–water partition coefficient (Wildman–Crippen LogP) is 1.72. The molecule has 2 heterocycles. The second-order valence-electron chi connectivity index (χ2n) is 1.96. The minimum absolute atomic E-state index is 0.947. The quantitative estimate of drug-likeness (QED) is 0.700. The molecule has 0 aliphatic heterocycles. The average molecular weight is 198 g/mol. The van der Waals surface area contributed by atoms with Gasteiger partial charge < -0.3 is 0 Å². The molecule has 3 nitrogen and oxygen atoms in total. The topological polar surface area (TPSA) is 41.6 Å². The molecule has 2 rings (SSSR count). The average Bonchev–Trinajstić information content (AvgIpc) is 2.36. The zero-order valence-corrected chi connectivity index (χ0v) is 6.59. The van der Waals surface area contributed by atoms with Gasteiger partial charge in [-0.15, -0.1) is 0 Å². The van der Waals surface area contributed by atoms with Gasteiger partial charge in [-0.25, -0.2) is 0 Å². The zero-order valence-electron chi connectivity index (χ0n) is 5.00. The number of fused-ring (bicyclic) bond motifs is 1. The van der Waals surface area contributed by atoms with Crippen molar-refractivity contribution in [2.75, 3.05) is 0 Å². The van der Waals surface area contributed by atoms with Gasteiger partial charge in [0.2, 0.25) is 0 Å². The fraction of sp³-hybridized carbons (Fsp3) is 0. The van der Waals surface area contributed by atoms with Gasteiger partial charge in [-0.05, 0) is 15.9 Å². The Kier molecular flexibility index (Phi) is 1.20. The van der Waals surface area contributed by atoms with Crippen LogP contribution in [-0.2, 0) is 0 Å². The SMILES string of the molecule is Brc1cncc2cn[nH]c12. The highest BCUT2D eigenvalue weighted by Gasteiger charge is 1.97. The molecule has 0 atom stereocenters. The minimum atomic E-state index is 0.947. The lowest BCUT2D eigenvalue weighted by Crippen LogP contribution is -1.73. The lowest BCUT2D eigenvalue weighted by atomic mass is 10.3. The number of nitrogens with one attached hydrogen (secondary N) is 1. The molecular formula is C6H4BrN3. The second-order valence-corrected chi connectivity index (χ2v) is 2.81. The summed E-state index contributed by atoms with van der Waals surface area (Å²) in [5.41, 5.74) is 0.995. The van der Waals surface area contributed by atoms with Crippen molar-refractivity contribution in [2.24, 2.45) is 0 Å². The molecule has 0 radical (unpaired) electrons. The number of hydrogen-bond donors (Lipinski definition) is 1. The summed E-state index contributed by atoms with van der Waals surface area (Å²) in [6.07, 6.45) is 5.25. The Labute approximate surface area is 65.6 Å². The first-order valence-corrected chi connectivity index (χ1v) is 3.60. The third kappa shape index (κ3) is 0.724. The van der Waals surface area contributed by atoms with Crippen LogP contribution in [0, 0.1) is 0 Å². The summed E-state index contributed by atoms with van der Waals surface area (Å²) in [5.74, 6) is 0.